The Hall–Kier alpha value is -2.74. The van der Waals surface area contributed by atoms with Crippen LogP contribution in [0.15, 0.2) is 60.0 Å². The predicted octanol–water partition coefficient (Wildman–Crippen LogP) is 3.68. The van der Waals surface area contributed by atoms with Crippen LogP contribution in [0.2, 0.25) is 5.02 Å². The molecule has 0 fully saturated rings. The Labute approximate surface area is 207 Å². The van der Waals surface area contributed by atoms with Gasteiger partial charge in [-0.05, 0) is 61.7 Å². The van der Waals surface area contributed by atoms with E-state index in [-0.39, 0.29) is 12.4 Å². The Kier molecular flexibility index (Phi) is 9.62. The molecule has 3 rings (SSSR count). The number of rotatable bonds is 13. The van der Waals surface area contributed by atoms with Crippen molar-refractivity contribution in [3.63, 3.8) is 0 Å². The minimum absolute atomic E-state index is 0.0438. The van der Waals surface area contributed by atoms with Gasteiger partial charge in [0, 0.05) is 31.6 Å². The fourth-order valence-corrected chi connectivity index (χ4v) is 3.99. The highest BCUT2D eigenvalue weighted by atomic mass is 35.5. The van der Waals surface area contributed by atoms with Crippen molar-refractivity contribution in [2.24, 2.45) is 0 Å². The van der Waals surface area contributed by atoms with Crippen molar-refractivity contribution in [2.75, 3.05) is 26.4 Å². The van der Waals surface area contributed by atoms with Crippen LogP contribution in [0.25, 0.3) is 0 Å². The van der Waals surface area contributed by atoms with E-state index in [4.69, 9.17) is 21.4 Å². The number of ether oxygens (including phenoxy) is 1. The smallest absolute Gasteiger partial charge is 0.252 e. The summed E-state index contributed by atoms with van der Waals surface area (Å²) in [5.74, 6) is 1.41. The van der Waals surface area contributed by atoms with Gasteiger partial charge in [-0.15, -0.1) is 0 Å². The third kappa shape index (κ3) is 6.65. The van der Waals surface area contributed by atoms with Gasteiger partial charge in [-0.25, -0.2) is 0 Å². The zero-order chi connectivity index (χ0) is 24.5. The number of hydrogen-bond donors (Lipinski definition) is 3. The van der Waals surface area contributed by atoms with Crippen molar-refractivity contribution >= 4 is 17.4 Å². The zero-order valence-corrected chi connectivity index (χ0v) is 20.9. The maximum absolute atomic E-state index is 12.9. The quantitative estimate of drug-likeness (QED) is 0.294. The summed E-state index contributed by atoms with van der Waals surface area (Å²) in [6.45, 7) is 8.29. The zero-order valence-electron chi connectivity index (χ0n) is 20.2. The van der Waals surface area contributed by atoms with E-state index in [1.807, 2.05) is 48.2 Å². The van der Waals surface area contributed by atoms with E-state index in [0.29, 0.717) is 43.4 Å². The average molecular weight is 487 g/mol. The van der Waals surface area contributed by atoms with Gasteiger partial charge in [0.05, 0.1) is 6.67 Å². The molecule has 3 N–H and O–H groups in total. The maximum atomic E-state index is 12.9. The number of benzene rings is 2. The Morgan fingerprint density at radius 3 is 2.41 bits per heavy atom. The fourth-order valence-electron chi connectivity index (χ4n) is 3.87. The van der Waals surface area contributed by atoms with Crippen molar-refractivity contribution in [2.45, 2.75) is 46.5 Å². The van der Waals surface area contributed by atoms with Crippen LogP contribution in [0, 0.1) is 0 Å². The monoisotopic (exact) mass is 486 g/mol. The number of aryl methyl sites for hydroxylation is 1. The van der Waals surface area contributed by atoms with Gasteiger partial charge in [-0.1, -0.05) is 42.8 Å². The minimum atomic E-state index is -0.552. The highest BCUT2D eigenvalue weighted by Crippen LogP contribution is 2.28. The molecule has 34 heavy (non-hydrogen) atoms. The summed E-state index contributed by atoms with van der Waals surface area (Å²) in [5, 5.41) is 16.5. The number of aliphatic hydroxyl groups is 1. The molecule has 0 aromatic heterocycles. The van der Waals surface area contributed by atoms with E-state index in [1.165, 1.54) is 5.56 Å². The number of carbonyl (C=O) groups is 1. The van der Waals surface area contributed by atoms with Crippen LogP contribution in [-0.4, -0.2) is 53.4 Å². The summed E-state index contributed by atoms with van der Waals surface area (Å²) in [4.78, 5) is 16.9. The number of Topliss-reactive ketones (excluding diaryl/α,β-unsaturated/α-hetero) is 1. The van der Waals surface area contributed by atoms with E-state index in [9.17, 15) is 4.79 Å². The molecule has 0 saturated heterocycles. The summed E-state index contributed by atoms with van der Waals surface area (Å²) in [7, 11) is 0. The number of nitrogens with zero attached hydrogens (tertiary/aromatic N) is 2. The molecule has 1 unspecified atom stereocenters. The van der Waals surface area contributed by atoms with Gasteiger partial charge in [0.1, 0.15) is 17.3 Å². The standard InChI is InChI=1S/C26H35ClN4O3/c1-4-20-9-13-23(14-10-20)34-26-29-25(30(5-2)18-28-15-6-16-32)24(19(3)33)31(26)17-21-7-11-22(27)12-8-21/h7-14,26,28-29,32H,4-6,15-18H2,1-3H3. The Morgan fingerprint density at radius 2 is 1.82 bits per heavy atom. The maximum Gasteiger partial charge on any atom is 0.252 e. The Bertz CT molecular complexity index is 963. The predicted molar refractivity (Wildman–Crippen MR) is 135 cm³/mol. The first-order chi connectivity index (χ1) is 16.5. The fraction of sp³-hybridized carbons (Fsp3) is 0.423. The minimum Gasteiger partial charge on any atom is -0.452 e. The highest BCUT2D eigenvalue weighted by molar-refractivity contribution is 6.30. The van der Waals surface area contributed by atoms with Crippen molar-refractivity contribution < 1.29 is 14.6 Å². The lowest BCUT2D eigenvalue weighted by atomic mass is 10.2. The third-order valence-electron chi connectivity index (χ3n) is 5.75. The number of carbonyl (C=O) groups excluding carboxylic acids is 1. The molecule has 1 aliphatic rings. The molecule has 8 heteroatoms. The summed E-state index contributed by atoms with van der Waals surface area (Å²) in [5.41, 5.74) is 2.83. The molecule has 0 radical (unpaired) electrons. The molecule has 7 nitrogen and oxygen atoms in total. The molecular formula is C26H35ClN4O3. The topological polar surface area (TPSA) is 77.1 Å². The van der Waals surface area contributed by atoms with E-state index in [2.05, 4.69) is 34.6 Å². The molecule has 184 valence electrons. The summed E-state index contributed by atoms with van der Waals surface area (Å²) in [6.07, 6.45) is 1.08. The molecule has 1 atom stereocenters. The largest absolute Gasteiger partial charge is 0.452 e. The third-order valence-corrected chi connectivity index (χ3v) is 6.00. The molecule has 2 aromatic rings. The number of nitrogens with one attached hydrogen (secondary N) is 2. The van der Waals surface area contributed by atoms with Gasteiger partial charge >= 0.3 is 0 Å². The summed E-state index contributed by atoms with van der Waals surface area (Å²) in [6, 6.07) is 15.6. The van der Waals surface area contributed by atoms with Crippen LogP contribution in [0.4, 0.5) is 0 Å². The second kappa shape index (κ2) is 12.6. The van der Waals surface area contributed by atoms with E-state index < -0.39 is 6.35 Å². The van der Waals surface area contributed by atoms with E-state index >= 15 is 0 Å². The van der Waals surface area contributed by atoms with Crippen LogP contribution in [0.1, 0.15) is 38.3 Å². The number of allylic oxidation sites excluding steroid dienone is 1. The SMILES string of the molecule is CCc1ccc(OC2NC(N(CC)CNCCCO)=C(C(C)=O)N2Cc2ccc(Cl)cc2)cc1. The number of hydrogen-bond acceptors (Lipinski definition) is 7. The lowest BCUT2D eigenvalue weighted by Crippen LogP contribution is -2.44. The van der Waals surface area contributed by atoms with Gasteiger partial charge < -0.3 is 25.0 Å². The molecule has 2 aromatic carbocycles. The lowest BCUT2D eigenvalue weighted by molar-refractivity contribution is -0.116. The first kappa shape index (κ1) is 25.9. The van der Waals surface area contributed by atoms with Crippen LogP contribution in [0.3, 0.4) is 0 Å². The molecular weight excluding hydrogens is 452 g/mol. The van der Waals surface area contributed by atoms with Crippen LogP contribution >= 0.6 is 11.6 Å². The van der Waals surface area contributed by atoms with Crippen LogP contribution in [0.5, 0.6) is 5.75 Å². The van der Waals surface area contributed by atoms with Crippen LogP contribution < -0.4 is 15.4 Å². The van der Waals surface area contributed by atoms with E-state index in [0.717, 1.165) is 23.6 Å². The van der Waals surface area contributed by atoms with Gasteiger partial charge in [0.2, 0.25) is 0 Å². The van der Waals surface area contributed by atoms with Gasteiger partial charge in [0.25, 0.3) is 6.35 Å². The van der Waals surface area contributed by atoms with Crippen molar-refractivity contribution in [3.05, 3.63) is 76.2 Å². The second-order valence-corrected chi connectivity index (χ2v) is 8.65. The molecule has 0 amide bonds. The molecule has 0 aliphatic carbocycles. The first-order valence-electron chi connectivity index (χ1n) is 11.8. The lowest BCUT2D eigenvalue weighted by Gasteiger charge is -2.28. The average Bonchev–Trinajstić information content (AvgIpc) is 3.18. The first-order valence-corrected chi connectivity index (χ1v) is 12.2. The Morgan fingerprint density at radius 1 is 1.15 bits per heavy atom. The second-order valence-electron chi connectivity index (χ2n) is 8.21. The Balaban J connectivity index is 1.90. The van der Waals surface area contributed by atoms with Crippen LogP contribution in [-0.2, 0) is 17.8 Å². The van der Waals surface area contributed by atoms with Gasteiger partial charge in [0.15, 0.2) is 5.78 Å². The van der Waals surface area contributed by atoms with E-state index in [1.54, 1.807) is 6.92 Å². The summed E-state index contributed by atoms with van der Waals surface area (Å²) < 4.78 is 6.35. The number of ketones is 1. The van der Waals surface area contributed by atoms with Crippen molar-refractivity contribution in [1.29, 1.82) is 0 Å². The number of halogens is 1. The molecule has 0 saturated carbocycles. The van der Waals surface area contributed by atoms with Gasteiger partial charge in [-0.3, -0.25) is 10.1 Å². The van der Waals surface area contributed by atoms with Crippen molar-refractivity contribution in [1.82, 2.24) is 20.4 Å². The molecule has 1 heterocycles. The normalized spacial score (nSPS) is 15.4. The molecule has 1 aliphatic heterocycles. The highest BCUT2D eigenvalue weighted by Gasteiger charge is 2.37. The van der Waals surface area contributed by atoms with Crippen molar-refractivity contribution in [3.8, 4) is 5.75 Å². The molecule has 0 spiro atoms. The van der Waals surface area contributed by atoms with Gasteiger partial charge in [-0.2, -0.15) is 0 Å². The molecule has 0 bridgehead atoms. The number of aliphatic hydroxyl groups excluding tert-OH is 1. The summed E-state index contributed by atoms with van der Waals surface area (Å²) >= 11 is 6.08.